The van der Waals surface area contributed by atoms with Crippen molar-refractivity contribution >= 4 is 11.6 Å². The largest absolute Gasteiger partial charge is 0.339 e. The lowest BCUT2D eigenvalue weighted by Crippen LogP contribution is -2.12. The van der Waals surface area contributed by atoms with Crippen molar-refractivity contribution in [2.75, 3.05) is 5.32 Å². The molecule has 0 aliphatic carbocycles. The Morgan fingerprint density at radius 1 is 1.33 bits per heavy atom. The van der Waals surface area contributed by atoms with Crippen molar-refractivity contribution in [3.05, 3.63) is 41.5 Å². The molecule has 21 heavy (non-hydrogen) atoms. The molecule has 0 spiro atoms. The van der Waals surface area contributed by atoms with Crippen LogP contribution in [-0.4, -0.2) is 16.0 Å². The number of anilines is 1. The second-order valence-corrected chi connectivity index (χ2v) is 5.42. The number of aryl methyl sites for hydroxylation is 2. The topological polar surface area (TPSA) is 68.0 Å². The Labute approximate surface area is 124 Å². The van der Waals surface area contributed by atoms with Gasteiger partial charge in [-0.3, -0.25) is 4.79 Å². The van der Waals surface area contributed by atoms with Gasteiger partial charge in [-0.05, 0) is 25.0 Å². The third kappa shape index (κ3) is 4.41. The van der Waals surface area contributed by atoms with Crippen molar-refractivity contribution in [2.45, 2.75) is 46.0 Å². The maximum Gasteiger partial charge on any atom is 0.226 e. The fourth-order valence-electron chi connectivity index (χ4n) is 1.93. The van der Waals surface area contributed by atoms with Crippen LogP contribution in [0.5, 0.6) is 0 Å². The zero-order chi connectivity index (χ0) is 15.2. The van der Waals surface area contributed by atoms with Crippen LogP contribution < -0.4 is 5.32 Å². The minimum atomic E-state index is 0.00731. The first kappa shape index (κ1) is 15.2. The van der Waals surface area contributed by atoms with E-state index in [1.807, 2.05) is 45.0 Å². The number of nitrogens with zero attached hydrogens (tertiary/aromatic N) is 2. The molecule has 1 heterocycles. The second kappa shape index (κ2) is 7.02. The van der Waals surface area contributed by atoms with Crippen LogP contribution in [0, 0.1) is 6.92 Å². The number of aromatic nitrogens is 2. The van der Waals surface area contributed by atoms with Crippen LogP contribution in [0.25, 0.3) is 0 Å². The number of para-hydroxylation sites is 1. The zero-order valence-corrected chi connectivity index (χ0v) is 12.7. The van der Waals surface area contributed by atoms with Gasteiger partial charge in [0.05, 0.1) is 0 Å². The van der Waals surface area contributed by atoms with Crippen LogP contribution in [0.4, 0.5) is 5.69 Å². The molecule has 0 unspecified atom stereocenters. The molecule has 1 amide bonds. The van der Waals surface area contributed by atoms with E-state index in [0.29, 0.717) is 25.2 Å². The van der Waals surface area contributed by atoms with Gasteiger partial charge in [0.15, 0.2) is 5.82 Å². The Balaban J connectivity index is 1.78. The summed E-state index contributed by atoms with van der Waals surface area (Å²) in [5, 5.41) is 6.82. The molecular weight excluding hydrogens is 266 g/mol. The molecule has 0 saturated carbocycles. The first-order valence-corrected chi connectivity index (χ1v) is 7.24. The summed E-state index contributed by atoms with van der Waals surface area (Å²) in [6, 6.07) is 7.74. The molecule has 1 aromatic heterocycles. The SMILES string of the molecule is Cc1ccccc1NC(=O)CCCc1nc(C(C)C)no1. The highest BCUT2D eigenvalue weighted by Gasteiger charge is 2.10. The summed E-state index contributed by atoms with van der Waals surface area (Å²) in [6.07, 6.45) is 1.76. The molecule has 112 valence electrons. The quantitative estimate of drug-likeness (QED) is 0.883. The molecule has 0 bridgehead atoms. The molecular formula is C16H21N3O2. The molecule has 0 atom stereocenters. The van der Waals surface area contributed by atoms with Crippen LogP contribution in [0.1, 0.15) is 49.9 Å². The maximum atomic E-state index is 11.9. The lowest BCUT2D eigenvalue weighted by atomic mass is 10.2. The summed E-state index contributed by atoms with van der Waals surface area (Å²) in [6.45, 7) is 6.01. The predicted molar refractivity (Wildman–Crippen MR) is 81.1 cm³/mol. The van der Waals surface area contributed by atoms with Gasteiger partial charge in [-0.2, -0.15) is 4.98 Å². The van der Waals surface area contributed by atoms with E-state index in [9.17, 15) is 4.79 Å². The van der Waals surface area contributed by atoms with Crippen molar-refractivity contribution in [1.29, 1.82) is 0 Å². The summed E-state index contributed by atoms with van der Waals surface area (Å²) in [4.78, 5) is 16.2. The Hall–Kier alpha value is -2.17. The number of nitrogens with one attached hydrogen (secondary N) is 1. The van der Waals surface area contributed by atoms with Gasteiger partial charge >= 0.3 is 0 Å². The first-order chi connectivity index (χ1) is 10.1. The molecule has 0 saturated heterocycles. The van der Waals surface area contributed by atoms with Gasteiger partial charge in [-0.1, -0.05) is 37.2 Å². The number of hydrogen-bond acceptors (Lipinski definition) is 4. The number of amides is 1. The van der Waals surface area contributed by atoms with E-state index in [2.05, 4.69) is 15.5 Å². The lowest BCUT2D eigenvalue weighted by molar-refractivity contribution is -0.116. The minimum Gasteiger partial charge on any atom is -0.339 e. The molecule has 2 aromatic rings. The normalized spacial score (nSPS) is 10.9. The van der Waals surface area contributed by atoms with Gasteiger partial charge in [0.25, 0.3) is 0 Å². The highest BCUT2D eigenvalue weighted by molar-refractivity contribution is 5.91. The highest BCUT2D eigenvalue weighted by atomic mass is 16.5. The first-order valence-electron chi connectivity index (χ1n) is 7.24. The number of benzene rings is 1. The molecule has 0 fully saturated rings. The van der Waals surface area contributed by atoms with E-state index in [-0.39, 0.29) is 11.8 Å². The monoisotopic (exact) mass is 287 g/mol. The summed E-state index contributed by atoms with van der Waals surface area (Å²) >= 11 is 0. The van der Waals surface area contributed by atoms with E-state index in [0.717, 1.165) is 17.1 Å². The number of carbonyl (C=O) groups is 1. The van der Waals surface area contributed by atoms with Crippen molar-refractivity contribution in [2.24, 2.45) is 0 Å². The molecule has 1 N–H and O–H groups in total. The third-order valence-electron chi connectivity index (χ3n) is 3.21. The van der Waals surface area contributed by atoms with E-state index >= 15 is 0 Å². The van der Waals surface area contributed by atoms with Crippen LogP contribution in [0.3, 0.4) is 0 Å². The van der Waals surface area contributed by atoms with E-state index in [4.69, 9.17) is 4.52 Å². The summed E-state index contributed by atoms with van der Waals surface area (Å²) in [5.41, 5.74) is 1.92. The highest BCUT2D eigenvalue weighted by Crippen LogP contribution is 2.14. The lowest BCUT2D eigenvalue weighted by Gasteiger charge is -2.07. The zero-order valence-electron chi connectivity index (χ0n) is 12.7. The molecule has 0 radical (unpaired) electrons. The van der Waals surface area contributed by atoms with Gasteiger partial charge in [-0.25, -0.2) is 0 Å². The molecule has 0 aliphatic heterocycles. The van der Waals surface area contributed by atoms with Crippen LogP contribution in [0.2, 0.25) is 0 Å². The second-order valence-electron chi connectivity index (χ2n) is 5.42. The van der Waals surface area contributed by atoms with E-state index in [1.54, 1.807) is 0 Å². The maximum absolute atomic E-state index is 11.9. The molecule has 0 aliphatic rings. The Morgan fingerprint density at radius 3 is 2.76 bits per heavy atom. The van der Waals surface area contributed by atoms with Crippen molar-refractivity contribution in [1.82, 2.24) is 10.1 Å². The van der Waals surface area contributed by atoms with Gasteiger partial charge < -0.3 is 9.84 Å². The number of hydrogen-bond donors (Lipinski definition) is 1. The van der Waals surface area contributed by atoms with Crippen LogP contribution in [-0.2, 0) is 11.2 Å². The smallest absolute Gasteiger partial charge is 0.226 e. The molecule has 2 rings (SSSR count). The fraction of sp³-hybridized carbons (Fsp3) is 0.438. The van der Waals surface area contributed by atoms with Gasteiger partial charge in [0.1, 0.15) is 0 Å². The standard InChI is InChI=1S/C16H21N3O2/c1-11(2)16-18-15(21-19-16)10-6-9-14(20)17-13-8-5-4-7-12(13)3/h4-5,7-8,11H,6,9-10H2,1-3H3,(H,17,20). The predicted octanol–water partition coefficient (Wildman–Crippen LogP) is 3.46. The Morgan fingerprint density at radius 2 is 2.10 bits per heavy atom. The van der Waals surface area contributed by atoms with Gasteiger partial charge in [0, 0.05) is 24.4 Å². The Kier molecular flexibility index (Phi) is 5.09. The molecule has 5 heteroatoms. The van der Waals surface area contributed by atoms with Crippen LogP contribution in [0.15, 0.2) is 28.8 Å². The van der Waals surface area contributed by atoms with Crippen LogP contribution >= 0.6 is 0 Å². The average Bonchev–Trinajstić information content (AvgIpc) is 2.90. The van der Waals surface area contributed by atoms with Gasteiger partial charge in [-0.15, -0.1) is 0 Å². The van der Waals surface area contributed by atoms with Crippen molar-refractivity contribution < 1.29 is 9.32 Å². The van der Waals surface area contributed by atoms with Crippen molar-refractivity contribution in [3.63, 3.8) is 0 Å². The average molecular weight is 287 g/mol. The van der Waals surface area contributed by atoms with Gasteiger partial charge in [0.2, 0.25) is 11.8 Å². The molecule has 5 nitrogen and oxygen atoms in total. The van der Waals surface area contributed by atoms with Crippen molar-refractivity contribution in [3.8, 4) is 0 Å². The summed E-state index contributed by atoms with van der Waals surface area (Å²) in [5.74, 6) is 1.58. The Bertz CT molecular complexity index is 605. The summed E-state index contributed by atoms with van der Waals surface area (Å²) < 4.78 is 5.15. The minimum absolute atomic E-state index is 0.00731. The fourth-order valence-corrected chi connectivity index (χ4v) is 1.93. The number of carbonyl (C=O) groups excluding carboxylic acids is 1. The van der Waals surface area contributed by atoms with E-state index in [1.165, 1.54) is 0 Å². The number of rotatable bonds is 6. The summed E-state index contributed by atoms with van der Waals surface area (Å²) in [7, 11) is 0. The third-order valence-corrected chi connectivity index (χ3v) is 3.21. The van der Waals surface area contributed by atoms with E-state index < -0.39 is 0 Å². The molecule has 1 aromatic carbocycles.